The minimum atomic E-state index is 0.225. The first-order valence-corrected chi connectivity index (χ1v) is 4.71. The second-order valence-corrected chi connectivity index (χ2v) is 3.53. The summed E-state index contributed by atoms with van der Waals surface area (Å²) >= 11 is 0. The van der Waals surface area contributed by atoms with E-state index < -0.39 is 0 Å². The molecule has 1 aromatic rings. The normalized spacial score (nSPS) is 28.1. The zero-order valence-corrected chi connectivity index (χ0v) is 7.57. The number of nitrogens with one attached hydrogen (secondary N) is 1. The van der Waals surface area contributed by atoms with Crippen LogP contribution in [0.5, 0.6) is 0 Å². The van der Waals surface area contributed by atoms with E-state index in [1.54, 1.807) is 6.20 Å². The average molecular weight is 181 g/mol. The molecule has 1 fully saturated rings. The highest BCUT2D eigenvalue weighted by molar-refractivity contribution is 4.95. The highest BCUT2D eigenvalue weighted by Crippen LogP contribution is 2.20. The number of aromatic nitrogens is 2. The minimum Gasteiger partial charge on any atom is -0.370 e. The molecule has 13 heavy (non-hydrogen) atoms. The molecule has 1 aliphatic rings. The van der Waals surface area contributed by atoms with Gasteiger partial charge in [0.15, 0.2) is 0 Å². The van der Waals surface area contributed by atoms with Gasteiger partial charge < -0.3 is 10.5 Å². The van der Waals surface area contributed by atoms with Crippen molar-refractivity contribution in [3.8, 4) is 0 Å². The van der Waals surface area contributed by atoms with Gasteiger partial charge in [-0.3, -0.25) is 5.10 Å². The molecule has 0 aliphatic heterocycles. The molecule has 1 aliphatic carbocycles. The first kappa shape index (κ1) is 8.72. The summed E-state index contributed by atoms with van der Waals surface area (Å²) in [4.78, 5) is 0. The van der Waals surface area contributed by atoms with Crippen molar-refractivity contribution in [3.05, 3.63) is 18.0 Å². The standard InChI is InChI=1S/C9H15N3O/c10-8-2-1-3-9(8)13-6-7-4-5-11-12-7/h4-5,8-9H,1-3,6,10H2,(H,11,12). The summed E-state index contributed by atoms with van der Waals surface area (Å²) in [5.74, 6) is 0. The van der Waals surface area contributed by atoms with Gasteiger partial charge in [0.25, 0.3) is 0 Å². The van der Waals surface area contributed by atoms with Crippen molar-refractivity contribution in [3.63, 3.8) is 0 Å². The van der Waals surface area contributed by atoms with E-state index in [0.29, 0.717) is 6.61 Å². The van der Waals surface area contributed by atoms with E-state index in [1.165, 1.54) is 6.42 Å². The molecule has 2 rings (SSSR count). The lowest BCUT2D eigenvalue weighted by atomic mass is 10.2. The van der Waals surface area contributed by atoms with Crippen LogP contribution in [0, 0.1) is 0 Å². The van der Waals surface area contributed by atoms with Crippen LogP contribution in [-0.2, 0) is 11.3 Å². The van der Waals surface area contributed by atoms with Crippen LogP contribution in [0.2, 0.25) is 0 Å². The zero-order chi connectivity index (χ0) is 9.10. The van der Waals surface area contributed by atoms with Crippen LogP contribution in [0.1, 0.15) is 25.0 Å². The largest absolute Gasteiger partial charge is 0.370 e. The maximum atomic E-state index is 5.87. The Morgan fingerprint density at radius 2 is 2.54 bits per heavy atom. The van der Waals surface area contributed by atoms with E-state index in [1.807, 2.05) is 6.07 Å². The lowest BCUT2D eigenvalue weighted by Crippen LogP contribution is -2.31. The van der Waals surface area contributed by atoms with Gasteiger partial charge in [-0.05, 0) is 25.3 Å². The van der Waals surface area contributed by atoms with Crippen LogP contribution >= 0.6 is 0 Å². The van der Waals surface area contributed by atoms with Crippen LogP contribution in [0.3, 0.4) is 0 Å². The smallest absolute Gasteiger partial charge is 0.0886 e. The molecule has 1 heterocycles. The fourth-order valence-electron chi connectivity index (χ4n) is 1.72. The van der Waals surface area contributed by atoms with Crippen molar-refractivity contribution in [1.82, 2.24) is 10.2 Å². The monoisotopic (exact) mass is 181 g/mol. The number of nitrogens with zero attached hydrogens (tertiary/aromatic N) is 1. The molecule has 0 spiro atoms. The zero-order valence-electron chi connectivity index (χ0n) is 7.57. The molecular formula is C9H15N3O. The predicted molar refractivity (Wildman–Crippen MR) is 49.0 cm³/mol. The number of H-pyrrole nitrogens is 1. The number of hydrogen-bond donors (Lipinski definition) is 2. The third-order valence-electron chi connectivity index (χ3n) is 2.51. The Labute approximate surface area is 77.5 Å². The fraction of sp³-hybridized carbons (Fsp3) is 0.667. The minimum absolute atomic E-state index is 0.225. The fourth-order valence-corrected chi connectivity index (χ4v) is 1.72. The topological polar surface area (TPSA) is 63.9 Å². The average Bonchev–Trinajstić information content (AvgIpc) is 2.72. The number of ether oxygens (including phenoxy) is 1. The van der Waals surface area contributed by atoms with Crippen molar-refractivity contribution >= 4 is 0 Å². The van der Waals surface area contributed by atoms with E-state index in [0.717, 1.165) is 18.5 Å². The van der Waals surface area contributed by atoms with Crippen molar-refractivity contribution in [2.24, 2.45) is 5.73 Å². The SMILES string of the molecule is NC1CCCC1OCc1ccn[nH]1. The Kier molecular flexibility index (Phi) is 2.61. The molecule has 0 bridgehead atoms. The molecule has 2 unspecified atom stereocenters. The van der Waals surface area contributed by atoms with Gasteiger partial charge >= 0.3 is 0 Å². The van der Waals surface area contributed by atoms with Crippen molar-refractivity contribution in [2.45, 2.75) is 38.0 Å². The van der Waals surface area contributed by atoms with Gasteiger partial charge in [-0.25, -0.2) is 0 Å². The molecule has 3 N–H and O–H groups in total. The molecule has 72 valence electrons. The van der Waals surface area contributed by atoms with Gasteiger partial charge in [-0.15, -0.1) is 0 Å². The number of nitrogens with two attached hydrogens (primary N) is 1. The van der Waals surface area contributed by atoms with Crippen molar-refractivity contribution in [2.75, 3.05) is 0 Å². The molecule has 0 saturated heterocycles. The molecule has 1 saturated carbocycles. The van der Waals surface area contributed by atoms with E-state index >= 15 is 0 Å². The molecule has 4 nitrogen and oxygen atoms in total. The molecule has 4 heteroatoms. The Bertz CT molecular complexity index is 247. The van der Waals surface area contributed by atoms with Gasteiger partial charge in [0.05, 0.1) is 18.4 Å². The third-order valence-corrected chi connectivity index (χ3v) is 2.51. The van der Waals surface area contributed by atoms with Crippen LogP contribution < -0.4 is 5.73 Å². The maximum Gasteiger partial charge on any atom is 0.0886 e. The summed E-state index contributed by atoms with van der Waals surface area (Å²) in [6.07, 6.45) is 5.34. The first-order chi connectivity index (χ1) is 6.36. The number of rotatable bonds is 3. The van der Waals surface area contributed by atoms with Gasteiger partial charge in [0, 0.05) is 12.2 Å². The van der Waals surface area contributed by atoms with E-state index in [2.05, 4.69) is 10.2 Å². The van der Waals surface area contributed by atoms with Gasteiger partial charge in [0.1, 0.15) is 0 Å². The third kappa shape index (κ3) is 2.08. The van der Waals surface area contributed by atoms with Crippen LogP contribution in [0.25, 0.3) is 0 Å². The van der Waals surface area contributed by atoms with E-state index in [9.17, 15) is 0 Å². The molecule has 2 atom stereocenters. The van der Waals surface area contributed by atoms with Crippen LogP contribution in [-0.4, -0.2) is 22.3 Å². The number of hydrogen-bond acceptors (Lipinski definition) is 3. The lowest BCUT2D eigenvalue weighted by Gasteiger charge is -2.15. The van der Waals surface area contributed by atoms with Crippen LogP contribution in [0.4, 0.5) is 0 Å². The van der Waals surface area contributed by atoms with E-state index in [4.69, 9.17) is 10.5 Å². The predicted octanol–water partition coefficient (Wildman–Crippen LogP) is 0.806. The summed E-state index contributed by atoms with van der Waals surface area (Å²) in [6, 6.07) is 2.14. The van der Waals surface area contributed by atoms with Gasteiger partial charge in [-0.1, -0.05) is 0 Å². The highest BCUT2D eigenvalue weighted by atomic mass is 16.5. The summed E-state index contributed by atoms with van der Waals surface area (Å²) < 4.78 is 5.66. The molecular weight excluding hydrogens is 166 g/mol. The lowest BCUT2D eigenvalue weighted by molar-refractivity contribution is 0.0339. The maximum absolute atomic E-state index is 5.87. The van der Waals surface area contributed by atoms with E-state index in [-0.39, 0.29) is 12.1 Å². The number of aromatic amines is 1. The summed E-state index contributed by atoms with van der Waals surface area (Å²) in [5, 5.41) is 6.71. The second kappa shape index (κ2) is 3.89. The Hall–Kier alpha value is -0.870. The summed E-state index contributed by atoms with van der Waals surface area (Å²) in [6.45, 7) is 0.596. The van der Waals surface area contributed by atoms with Gasteiger partial charge in [-0.2, -0.15) is 5.10 Å². The van der Waals surface area contributed by atoms with Crippen LogP contribution in [0.15, 0.2) is 12.3 Å². The molecule has 0 aromatic carbocycles. The quantitative estimate of drug-likeness (QED) is 0.725. The Balaban J connectivity index is 1.79. The molecule has 0 amide bonds. The molecule has 0 radical (unpaired) electrons. The van der Waals surface area contributed by atoms with Crippen molar-refractivity contribution in [1.29, 1.82) is 0 Å². The Morgan fingerprint density at radius 1 is 1.62 bits per heavy atom. The highest BCUT2D eigenvalue weighted by Gasteiger charge is 2.24. The second-order valence-electron chi connectivity index (χ2n) is 3.53. The first-order valence-electron chi connectivity index (χ1n) is 4.71. The molecule has 1 aromatic heterocycles. The van der Waals surface area contributed by atoms with Gasteiger partial charge in [0.2, 0.25) is 0 Å². The van der Waals surface area contributed by atoms with Crippen molar-refractivity contribution < 1.29 is 4.74 Å². The Morgan fingerprint density at radius 3 is 3.15 bits per heavy atom. The summed E-state index contributed by atoms with van der Waals surface area (Å²) in [5.41, 5.74) is 6.88. The summed E-state index contributed by atoms with van der Waals surface area (Å²) in [7, 11) is 0.